The number of nitriles is 1. The maximum Gasteiger partial charge on any atom is 0.234 e. The van der Waals surface area contributed by atoms with Gasteiger partial charge in [0.15, 0.2) is 0 Å². The van der Waals surface area contributed by atoms with Crippen LogP contribution in [0, 0.1) is 17.2 Å². The average Bonchev–Trinajstić information content (AvgIpc) is 2.39. The zero-order chi connectivity index (χ0) is 15.2. The SMILES string of the molecule is CC(C)CCNC(=O)CN1CCN(C(C)(C)C#N)CC1. The lowest BCUT2D eigenvalue weighted by Crippen LogP contribution is -2.55. The molecule has 0 spiro atoms. The van der Waals surface area contributed by atoms with Crippen molar-refractivity contribution in [3.8, 4) is 6.07 Å². The molecule has 0 unspecified atom stereocenters. The first kappa shape index (κ1) is 16.9. The van der Waals surface area contributed by atoms with Crippen LogP contribution in [0.3, 0.4) is 0 Å². The highest BCUT2D eigenvalue weighted by atomic mass is 16.2. The summed E-state index contributed by atoms with van der Waals surface area (Å²) in [5.41, 5.74) is -0.411. The van der Waals surface area contributed by atoms with Crippen LogP contribution in [0.15, 0.2) is 0 Å². The summed E-state index contributed by atoms with van der Waals surface area (Å²) in [4.78, 5) is 16.2. The molecule has 1 fully saturated rings. The first-order valence-electron chi connectivity index (χ1n) is 7.50. The van der Waals surface area contributed by atoms with E-state index in [0.29, 0.717) is 12.5 Å². The normalized spacial score (nSPS) is 18.0. The van der Waals surface area contributed by atoms with Gasteiger partial charge in [0.05, 0.1) is 12.6 Å². The maximum absolute atomic E-state index is 11.8. The first-order chi connectivity index (χ1) is 9.35. The highest BCUT2D eigenvalue weighted by Crippen LogP contribution is 2.15. The van der Waals surface area contributed by atoms with E-state index in [9.17, 15) is 4.79 Å². The summed E-state index contributed by atoms with van der Waals surface area (Å²) < 4.78 is 0. The summed E-state index contributed by atoms with van der Waals surface area (Å²) in [7, 11) is 0. The van der Waals surface area contributed by atoms with Crippen molar-refractivity contribution in [1.82, 2.24) is 15.1 Å². The summed E-state index contributed by atoms with van der Waals surface area (Å²) >= 11 is 0. The van der Waals surface area contributed by atoms with E-state index in [1.807, 2.05) is 13.8 Å². The van der Waals surface area contributed by atoms with Crippen LogP contribution in [-0.4, -0.2) is 60.5 Å². The number of nitrogens with zero attached hydrogens (tertiary/aromatic N) is 3. The Morgan fingerprint density at radius 2 is 1.90 bits per heavy atom. The van der Waals surface area contributed by atoms with Crippen molar-refractivity contribution >= 4 is 5.91 Å². The van der Waals surface area contributed by atoms with Gasteiger partial charge in [0, 0.05) is 32.7 Å². The third kappa shape index (κ3) is 5.48. The quantitative estimate of drug-likeness (QED) is 0.790. The molecule has 1 heterocycles. The largest absolute Gasteiger partial charge is 0.355 e. The molecule has 5 nitrogen and oxygen atoms in total. The van der Waals surface area contributed by atoms with Crippen molar-refractivity contribution in [2.75, 3.05) is 39.3 Å². The van der Waals surface area contributed by atoms with Crippen molar-refractivity contribution in [3.63, 3.8) is 0 Å². The molecule has 20 heavy (non-hydrogen) atoms. The Balaban J connectivity index is 2.26. The van der Waals surface area contributed by atoms with Gasteiger partial charge in [0.1, 0.15) is 5.54 Å². The molecule has 0 aromatic carbocycles. The van der Waals surface area contributed by atoms with Crippen molar-refractivity contribution in [2.45, 2.75) is 39.7 Å². The lowest BCUT2D eigenvalue weighted by atomic mass is 10.0. The number of carbonyl (C=O) groups is 1. The predicted molar refractivity (Wildman–Crippen MR) is 80.2 cm³/mol. The molecule has 1 aliphatic heterocycles. The molecule has 0 atom stereocenters. The van der Waals surface area contributed by atoms with Crippen LogP contribution in [0.25, 0.3) is 0 Å². The summed E-state index contributed by atoms with van der Waals surface area (Å²) in [6.07, 6.45) is 1.02. The van der Waals surface area contributed by atoms with Crippen LogP contribution in [0.5, 0.6) is 0 Å². The predicted octanol–water partition coefficient (Wildman–Crippen LogP) is 1.07. The molecule has 1 N–H and O–H groups in total. The zero-order valence-electron chi connectivity index (χ0n) is 13.3. The van der Waals surface area contributed by atoms with Crippen LogP contribution >= 0.6 is 0 Å². The second-order valence-electron chi connectivity index (χ2n) is 6.47. The molecular weight excluding hydrogens is 252 g/mol. The number of hydrogen-bond acceptors (Lipinski definition) is 4. The minimum atomic E-state index is -0.411. The molecule has 0 aliphatic carbocycles. The second kappa shape index (κ2) is 7.61. The molecule has 1 saturated heterocycles. The highest BCUT2D eigenvalue weighted by Gasteiger charge is 2.29. The van der Waals surface area contributed by atoms with E-state index < -0.39 is 5.54 Å². The average molecular weight is 280 g/mol. The molecular formula is C15H28N4O. The standard InChI is InChI=1S/C15H28N4O/c1-13(2)5-6-17-14(20)11-18-7-9-19(10-8-18)15(3,4)12-16/h13H,5-11H2,1-4H3,(H,17,20). The molecule has 0 aromatic heterocycles. The molecule has 1 amide bonds. The summed E-state index contributed by atoms with van der Waals surface area (Å²) in [6.45, 7) is 12.8. The van der Waals surface area contributed by atoms with Crippen molar-refractivity contribution < 1.29 is 4.79 Å². The summed E-state index contributed by atoms with van der Waals surface area (Å²) in [5.74, 6) is 0.728. The van der Waals surface area contributed by atoms with Gasteiger partial charge in [-0.05, 0) is 26.2 Å². The molecule has 0 bridgehead atoms. The van der Waals surface area contributed by atoms with Gasteiger partial charge < -0.3 is 5.32 Å². The Kier molecular flexibility index (Phi) is 6.44. The molecule has 1 aliphatic rings. The Morgan fingerprint density at radius 3 is 2.40 bits per heavy atom. The lowest BCUT2D eigenvalue weighted by Gasteiger charge is -2.40. The molecule has 1 rings (SSSR count). The van der Waals surface area contributed by atoms with Gasteiger partial charge in [0.25, 0.3) is 0 Å². The van der Waals surface area contributed by atoms with Gasteiger partial charge in [-0.1, -0.05) is 13.8 Å². The number of nitrogens with one attached hydrogen (secondary N) is 1. The molecule has 114 valence electrons. The summed E-state index contributed by atoms with van der Waals surface area (Å²) in [5, 5.41) is 12.1. The third-order valence-corrected chi connectivity index (χ3v) is 3.85. The Labute approximate surface area is 122 Å². The Morgan fingerprint density at radius 1 is 1.30 bits per heavy atom. The van der Waals surface area contributed by atoms with E-state index in [4.69, 9.17) is 5.26 Å². The van der Waals surface area contributed by atoms with Crippen LogP contribution < -0.4 is 5.32 Å². The van der Waals surface area contributed by atoms with Crippen LogP contribution in [-0.2, 0) is 4.79 Å². The van der Waals surface area contributed by atoms with Crippen molar-refractivity contribution in [3.05, 3.63) is 0 Å². The van der Waals surface area contributed by atoms with Crippen LogP contribution in [0.2, 0.25) is 0 Å². The Bertz CT molecular complexity index is 351. The minimum absolute atomic E-state index is 0.110. The summed E-state index contributed by atoms with van der Waals surface area (Å²) in [6, 6.07) is 2.33. The first-order valence-corrected chi connectivity index (χ1v) is 7.50. The van der Waals surface area contributed by atoms with Gasteiger partial charge in [-0.2, -0.15) is 5.26 Å². The van der Waals surface area contributed by atoms with Crippen LogP contribution in [0.4, 0.5) is 0 Å². The van der Waals surface area contributed by atoms with Gasteiger partial charge in [0.2, 0.25) is 5.91 Å². The third-order valence-electron chi connectivity index (χ3n) is 3.85. The highest BCUT2D eigenvalue weighted by molar-refractivity contribution is 5.77. The van der Waals surface area contributed by atoms with E-state index in [1.54, 1.807) is 0 Å². The van der Waals surface area contributed by atoms with Gasteiger partial charge in [-0.15, -0.1) is 0 Å². The fraction of sp³-hybridized carbons (Fsp3) is 0.867. The van der Waals surface area contributed by atoms with E-state index in [-0.39, 0.29) is 5.91 Å². The Hall–Kier alpha value is -1.12. The number of hydrogen-bond donors (Lipinski definition) is 1. The number of rotatable bonds is 6. The van der Waals surface area contributed by atoms with E-state index >= 15 is 0 Å². The van der Waals surface area contributed by atoms with E-state index in [1.165, 1.54) is 0 Å². The topological polar surface area (TPSA) is 59.4 Å². The molecule has 0 saturated carbocycles. The molecule has 0 aromatic rings. The maximum atomic E-state index is 11.8. The van der Waals surface area contributed by atoms with Gasteiger partial charge >= 0.3 is 0 Å². The van der Waals surface area contributed by atoms with Gasteiger partial charge in [-0.3, -0.25) is 14.6 Å². The lowest BCUT2D eigenvalue weighted by molar-refractivity contribution is -0.122. The van der Waals surface area contributed by atoms with Crippen LogP contribution in [0.1, 0.15) is 34.1 Å². The monoisotopic (exact) mass is 280 g/mol. The smallest absolute Gasteiger partial charge is 0.234 e. The fourth-order valence-electron chi connectivity index (χ4n) is 2.29. The molecule has 0 radical (unpaired) electrons. The zero-order valence-corrected chi connectivity index (χ0v) is 13.3. The van der Waals surface area contributed by atoms with Gasteiger partial charge in [-0.25, -0.2) is 0 Å². The van der Waals surface area contributed by atoms with Crippen molar-refractivity contribution in [1.29, 1.82) is 5.26 Å². The number of amides is 1. The molecule has 5 heteroatoms. The fourth-order valence-corrected chi connectivity index (χ4v) is 2.29. The number of carbonyl (C=O) groups excluding carboxylic acids is 1. The van der Waals surface area contributed by atoms with Crippen molar-refractivity contribution in [2.24, 2.45) is 5.92 Å². The van der Waals surface area contributed by atoms with E-state index in [0.717, 1.165) is 39.1 Å². The minimum Gasteiger partial charge on any atom is -0.355 e. The van der Waals surface area contributed by atoms with E-state index in [2.05, 4.69) is 35.0 Å². The number of piperazine rings is 1. The second-order valence-corrected chi connectivity index (χ2v) is 6.47.